The zero-order valence-corrected chi connectivity index (χ0v) is 11.3. The van der Waals surface area contributed by atoms with Gasteiger partial charge in [0.15, 0.2) is 0 Å². The van der Waals surface area contributed by atoms with Crippen LogP contribution in [0.4, 0.5) is 0 Å². The maximum absolute atomic E-state index is 5.75. The maximum Gasteiger partial charge on any atom is 0.325 e. The molecule has 2 rings (SSSR count). The fourth-order valence-corrected chi connectivity index (χ4v) is 2.39. The Bertz CT molecular complexity index is 394. The highest BCUT2D eigenvalue weighted by Gasteiger charge is 2.27. The molecule has 1 aromatic heterocycles. The fraction of sp³-hybridized carbons (Fsp3) is 0.750. The molecule has 19 heavy (non-hydrogen) atoms. The minimum Gasteiger partial charge on any atom is -0.467 e. The molecule has 0 bridgehead atoms. The summed E-state index contributed by atoms with van der Waals surface area (Å²) in [7, 11) is 2.97. The van der Waals surface area contributed by atoms with Gasteiger partial charge in [-0.05, 0) is 31.2 Å². The molecule has 0 aliphatic heterocycles. The predicted octanol–water partition coefficient (Wildman–Crippen LogP) is 0.643. The lowest BCUT2D eigenvalue weighted by Crippen LogP contribution is -2.23. The normalized spacial score (nSPS) is 22.3. The number of hydrogen-bond donors (Lipinski definition) is 1. The average molecular weight is 268 g/mol. The van der Waals surface area contributed by atoms with Gasteiger partial charge in [-0.3, -0.25) is 0 Å². The molecule has 1 heterocycles. The lowest BCUT2D eigenvalue weighted by molar-refractivity contribution is 0.196. The molecule has 1 aliphatic rings. The summed E-state index contributed by atoms with van der Waals surface area (Å²) in [6.07, 6.45) is 3.52. The van der Waals surface area contributed by atoms with Gasteiger partial charge in [-0.2, -0.15) is 0 Å². The van der Waals surface area contributed by atoms with Gasteiger partial charge in [-0.15, -0.1) is 15.0 Å². The highest BCUT2D eigenvalue weighted by molar-refractivity contribution is 5.08. The maximum atomic E-state index is 5.75. The van der Waals surface area contributed by atoms with E-state index in [0.717, 1.165) is 6.42 Å². The molecule has 2 unspecified atom stereocenters. The second-order valence-corrected chi connectivity index (χ2v) is 4.59. The molecule has 0 saturated heterocycles. The van der Waals surface area contributed by atoms with E-state index in [1.807, 2.05) is 0 Å². The molecule has 1 aromatic rings. The first-order valence-corrected chi connectivity index (χ1v) is 6.43. The van der Waals surface area contributed by atoms with Gasteiger partial charge in [0.1, 0.15) is 0 Å². The van der Waals surface area contributed by atoms with Crippen LogP contribution in [-0.2, 0) is 0 Å². The molecule has 106 valence electrons. The molecular formula is C12H20N4O3. The quantitative estimate of drug-likeness (QED) is 0.809. The highest BCUT2D eigenvalue weighted by Crippen LogP contribution is 2.31. The van der Waals surface area contributed by atoms with E-state index >= 15 is 0 Å². The molecule has 2 atom stereocenters. The summed E-state index contributed by atoms with van der Waals surface area (Å²) in [6.45, 7) is 1.27. The van der Waals surface area contributed by atoms with Crippen molar-refractivity contribution in [3.63, 3.8) is 0 Å². The number of nitrogens with two attached hydrogens (primary N) is 1. The predicted molar refractivity (Wildman–Crippen MR) is 68.3 cm³/mol. The monoisotopic (exact) mass is 268 g/mol. The van der Waals surface area contributed by atoms with Crippen molar-refractivity contribution in [3.05, 3.63) is 0 Å². The molecule has 7 heteroatoms. The topological polar surface area (TPSA) is 92.4 Å². The molecule has 7 nitrogen and oxygen atoms in total. The first-order chi connectivity index (χ1) is 9.26. The number of methoxy groups -OCH3 is 2. The van der Waals surface area contributed by atoms with E-state index in [2.05, 4.69) is 15.0 Å². The Hall–Kier alpha value is -1.63. The van der Waals surface area contributed by atoms with E-state index in [1.54, 1.807) is 0 Å². The Labute approximate surface area is 112 Å². The first-order valence-electron chi connectivity index (χ1n) is 6.43. The molecule has 2 N–H and O–H groups in total. The van der Waals surface area contributed by atoms with Gasteiger partial charge in [0.05, 0.1) is 20.8 Å². The van der Waals surface area contributed by atoms with Gasteiger partial charge in [0, 0.05) is 0 Å². The molecule has 0 aromatic carbocycles. The third-order valence-electron chi connectivity index (χ3n) is 3.48. The largest absolute Gasteiger partial charge is 0.467 e. The highest BCUT2D eigenvalue weighted by atomic mass is 16.5. The number of aromatic nitrogens is 3. The number of hydrogen-bond acceptors (Lipinski definition) is 7. The van der Waals surface area contributed by atoms with Crippen LogP contribution >= 0.6 is 0 Å². The summed E-state index contributed by atoms with van der Waals surface area (Å²) in [6, 6.07) is 0.596. The Kier molecular flexibility index (Phi) is 4.73. The van der Waals surface area contributed by atoms with Crippen LogP contribution in [0.15, 0.2) is 0 Å². The van der Waals surface area contributed by atoms with Crippen LogP contribution in [0.25, 0.3) is 0 Å². The van der Waals surface area contributed by atoms with Gasteiger partial charge in [-0.1, -0.05) is 6.42 Å². The van der Waals surface area contributed by atoms with Crippen molar-refractivity contribution in [1.82, 2.24) is 15.0 Å². The third-order valence-corrected chi connectivity index (χ3v) is 3.48. The van der Waals surface area contributed by atoms with Crippen molar-refractivity contribution in [3.8, 4) is 18.0 Å². The summed E-state index contributed by atoms with van der Waals surface area (Å²) in [5.41, 5.74) is 5.75. The van der Waals surface area contributed by atoms with Crippen molar-refractivity contribution >= 4 is 0 Å². The van der Waals surface area contributed by atoms with E-state index in [4.69, 9.17) is 19.9 Å². The van der Waals surface area contributed by atoms with Crippen LogP contribution in [0.3, 0.4) is 0 Å². The summed E-state index contributed by atoms with van der Waals surface area (Å²) in [5.74, 6) is 1.00. The smallest absolute Gasteiger partial charge is 0.325 e. The number of nitrogens with zero attached hydrogens (tertiary/aromatic N) is 3. The van der Waals surface area contributed by atoms with E-state index in [-0.39, 0.29) is 18.0 Å². The van der Waals surface area contributed by atoms with Gasteiger partial charge in [-0.25, -0.2) is 0 Å². The van der Waals surface area contributed by atoms with Gasteiger partial charge in [0.2, 0.25) is 0 Å². The SMILES string of the molecule is COc1nc(OC)nc(OCC2CCCC2CN)n1. The van der Waals surface area contributed by atoms with Crippen molar-refractivity contribution in [2.45, 2.75) is 19.3 Å². The van der Waals surface area contributed by atoms with Crippen LogP contribution in [0.1, 0.15) is 19.3 Å². The standard InChI is InChI=1S/C12H20N4O3/c1-17-10-14-11(18-2)16-12(15-10)19-7-9-5-3-4-8(9)6-13/h8-9H,3-7,13H2,1-2H3. The van der Waals surface area contributed by atoms with Gasteiger partial charge >= 0.3 is 18.0 Å². The third kappa shape index (κ3) is 3.44. The molecule has 1 fully saturated rings. The first kappa shape index (κ1) is 13.8. The lowest BCUT2D eigenvalue weighted by atomic mass is 9.97. The van der Waals surface area contributed by atoms with E-state index in [9.17, 15) is 0 Å². The van der Waals surface area contributed by atoms with Crippen molar-refractivity contribution in [1.29, 1.82) is 0 Å². The van der Waals surface area contributed by atoms with Crippen LogP contribution in [0.5, 0.6) is 18.0 Å². The Balaban J connectivity index is 1.98. The van der Waals surface area contributed by atoms with Gasteiger partial charge < -0.3 is 19.9 Å². The molecular weight excluding hydrogens is 248 g/mol. The zero-order chi connectivity index (χ0) is 13.7. The van der Waals surface area contributed by atoms with E-state index in [0.29, 0.717) is 25.0 Å². The average Bonchev–Trinajstić information content (AvgIpc) is 2.92. The molecule has 0 spiro atoms. The van der Waals surface area contributed by atoms with Crippen molar-refractivity contribution in [2.24, 2.45) is 17.6 Å². The molecule has 0 radical (unpaired) electrons. The van der Waals surface area contributed by atoms with Crippen LogP contribution in [0, 0.1) is 11.8 Å². The molecule has 0 amide bonds. The molecule has 1 saturated carbocycles. The van der Waals surface area contributed by atoms with E-state index in [1.165, 1.54) is 27.1 Å². The minimum atomic E-state index is 0.184. The molecule has 1 aliphatic carbocycles. The minimum absolute atomic E-state index is 0.184. The Morgan fingerprint density at radius 1 is 1.00 bits per heavy atom. The second kappa shape index (κ2) is 6.51. The summed E-state index contributed by atoms with van der Waals surface area (Å²) >= 11 is 0. The van der Waals surface area contributed by atoms with E-state index < -0.39 is 0 Å². The Morgan fingerprint density at radius 3 is 2.16 bits per heavy atom. The van der Waals surface area contributed by atoms with Crippen LogP contribution in [0.2, 0.25) is 0 Å². The summed E-state index contributed by atoms with van der Waals surface area (Å²) in [5, 5.41) is 0. The summed E-state index contributed by atoms with van der Waals surface area (Å²) in [4.78, 5) is 12.0. The number of ether oxygens (including phenoxy) is 3. The van der Waals surface area contributed by atoms with Crippen LogP contribution in [-0.4, -0.2) is 42.3 Å². The summed E-state index contributed by atoms with van der Waals surface area (Å²) < 4.78 is 15.6. The zero-order valence-electron chi connectivity index (χ0n) is 11.3. The lowest BCUT2D eigenvalue weighted by Gasteiger charge is -2.17. The number of rotatable bonds is 6. The van der Waals surface area contributed by atoms with Crippen molar-refractivity contribution < 1.29 is 14.2 Å². The van der Waals surface area contributed by atoms with Gasteiger partial charge in [0.25, 0.3) is 0 Å². The second-order valence-electron chi connectivity index (χ2n) is 4.59. The van der Waals surface area contributed by atoms with Crippen molar-refractivity contribution in [2.75, 3.05) is 27.4 Å². The Morgan fingerprint density at radius 2 is 1.58 bits per heavy atom. The van der Waals surface area contributed by atoms with Crippen LogP contribution < -0.4 is 19.9 Å². The fourth-order valence-electron chi connectivity index (χ4n) is 2.39.